The van der Waals surface area contributed by atoms with Crippen molar-refractivity contribution in [2.24, 2.45) is 0 Å². The van der Waals surface area contributed by atoms with Gasteiger partial charge in [-0.1, -0.05) is 11.6 Å². The maximum atomic E-state index is 12.7. The number of anilines is 1. The van der Waals surface area contributed by atoms with Crippen LogP contribution in [-0.2, 0) is 0 Å². The zero-order chi connectivity index (χ0) is 9.42. The van der Waals surface area contributed by atoms with E-state index < -0.39 is 5.82 Å². The summed E-state index contributed by atoms with van der Waals surface area (Å²) in [5.74, 6) is -0.430. The van der Waals surface area contributed by atoms with Gasteiger partial charge in [-0.05, 0) is 18.2 Å². The summed E-state index contributed by atoms with van der Waals surface area (Å²) < 4.78 is 12.7. The van der Waals surface area contributed by atoms with Gasteiger partial charge in [0.05, 0.1) is 17.6 Å². The van der Waals surface area contributed by atoms with Gasteiger partial charge in [0.1, 0.15) is 11.9 Å². The Labute approximate surface area is 80.1 Å². The molecule has 1 aromatic carbocycles. The molecule has 4 heteroatoms. The lowest BCUT2D eigenvalue weighted by Gasteiger charge is -2.03. The Hall–Kier alpha value is -1.27. The third-order valence-electron chi connectivity index (χ3n) is 2.00. The number of hydrogen-bond acceptors (Lipinski definition) is 2. The standard InChI is InChI=1S/C9H6ClFN2/c10-8-3-6(1-2-9(8)11)13-5-7(13)4-12/h1-3,7H,5H2. The van der Waals surface area contributed by atoms with Crippen molar-refractivity contribution in [2.75, 3.05) is 11.4 Å². The first-order valence-corrected chi connectivity index (χ1v) is 4.21. The minimum absolute atomic E-state index is 0.0680. The summed E-state index contributed by atoms with van der Waals surface area (Å²) in [6.45, 7) is 0.707. The van der Waals surface area contributed by atoms with Crippen molar-refractivity contribution in [3.63, 3.8) is 0 Å². The van der Waals surface area contributed by atoms with E-state index in [1.54, 1.807) is 6.07 Å². The van der Waals surface area contributed by atoms with Crippen molar-refractivity contribution in [2.45, 2.75) is 6.04 Å². The molecule has 1 fully saturated rings. The molecule has 0 amide bonds. The molecule has 0 N–H and O–H groups in total. The minimum atomic E-state index is -0.430. The second-order valence-electron chi connectivity index (χ2n) is 2.90. The molecular weight excluding hydrogens is 191 g/mol. The lowest BCUT2D eigenvalue weighted by Crippen LogP contribution is -1.96. The molecule has 2 rings (SSSR count). The summed E-state index contributed by atoms with van der Waals surface area (Å²) in [4.78, 5) is 1.85. The molecule has 0 spiro atoms. The van der Waals surface area contributed by atoms with Crippen LogP contribution < -0.4 is 4.90 Å². The summed E-state index contributed by atoms with van der Waals surface area (Å²) in [6.07, 6.45) is 0. The van der Waals surface area contributed by atoms with Crippen LogP contribution in [-0.4, -0.2) is 12.6 Å². The van der Waals surface area contributed by atoms with Crippen molar-refractivity contribution in [1.82, 2.24) is 0 Å². The van der Waals surface area contributed by atoms with E-state index in [1.807, 2.05) is 4.90 Å². The Morgan fingerprint density at radius 1 is 1.62 bits per heavy atom. The second kappa shape index (κ2) is 2.90. The van der Waals surface area contributed by atoms with Gasteiger partial charge in [0.15, 0.2) is 0 Å². The molecule has 1 atom stereocenters. The Bertz CT molecular complexity index is 386. The first kappa shape index (κ1) is 8.33. The molecule has 1 saturated heterocycles. The molecule has 2 nitrogen and oxygen atoms in total. The van der Waals surface area contributed by atoms with Gasteiger partial charge in [-0.25, -0.2) is 4.39 Å². The fraction of sp³-hybridized carbons (Fsp3) is 0.222. The van der Waals surface area contributed by atoms with Gasteiger partial charge in [0.2, 0.25) is 0 Å². The highest BCUT2D eigenvalue weighted by molar-refractivity contribution is 6.31. The topological polar surface area (TPSA) is 26.8 Å². The lowest BCUT2D eigenvalue weighted by molar-refractivity contribution is 0.628. The van der Waals surface area contributed by atoms with Gasteiger partial charge < -0.3 is 4.90 Å². The number of halogens is 2. The molecule has 1 aliphatic rings. The van der Waals surface area contributed by atoms with Crippen LogP contribution in [0, 0.1) is 17.1 Å². The van der Waals surface area contributed by atoms with Gasteiger partial charge in [-0.3, -0.25) is 0 Å². The summed E-state index contributed by atoms with van der Waals surface area (Å²) in [7, 11) is 0. The highest BCUT2D eigenvalue weighted by Gasteiger charge is 2.34. The van der Waals surface area contributed by atoms with E-state index in [9.17, 15) is 4.39 Å². The number of hydrogen-bond donors (Lipinski definition) is 0. The number of nitriles is 1. The maximum absolute atomic E-state index is 12.7. The summed E-state index contributed by atoms with van der Waals surface area (Å²) in [5, 5.41) is 8.66. The molecule has 66 valence electrons. The number of rotatable bonds is 1. The van der Waals surface area contributed by atoms with E-state index in [2.05, 4.69) is 6.07 Å². The normalized spacial score (nSPS) is 19.8. The molecule has 0 aliphatic carbocycles. The van der Waals surface area contributed by atoms with E-state index >= 15 is 0 Å². The first-order chi connectivity index (χ1) is 6.22. The molecule has 0 saturated carbocycles. The molecule has 1 aliphatic heterocycles. The van der Waals surface area contributed by atoms with Crippen molar-refractivity contribution >= 4 is 17.3 Å². The summed E-state index contributed by atoms with van der Waals surface area (Å²) in [5.41, 5.74) is 0.804. The molecule has 0 bridgehead atoms. The van der Waals surface area contributed by atoms with Crippen LogP contribution in [0.2, 0.25) is 5.02 Å². The highest BCUT2D eigenvalue weighted by Crippen LogP contribution is 2.30. The quantitative estimate of drug-likeness (QED) is 0.644. The third kappa shape index (κ3) is 1.45. The van der Waals surface area contributed by atoms with Crippen LogP contribution in [0.4, 0.5) is 10.1 Å². The van der Waals surface area contributed by atoms with Crippen LogP contribution in [0.15, 0.2) is 18.2 Å². The van der Waals surface area contributed by atoms with E-state index in [1.165, 1.54) is 12.1 Å². The predicted octanol–water partition coefficient (Wildman–Crippen LogP) is 2.19. The summed E-state index contributed by atoms with van der Waals surface area (Å²) >= 11 is 5.59. The van der Waals surface area contributed by atoms with E-state index in [0.717, 1.165) is 5.69 Å². The fourth-order valence-electron chi connectivity index (χ4n) is 1.20. The molecule has 1 heterocycles. The number of nitrogens with zero attached hydrogens (tertiary/aromatic N) is 2. The van der Waals surface area contributed by atoms with E-state index in [-0.39, 0.29) is 11.1 Å². The zero-order valence-electron chi connectivity index (χ0n) is 6.67. The Balaban J connectivity index is 2.25. The lowest BCUT2D eigenvalue weighted by atomic mass is 10.3. The van der Waals surface area contributed by atoms with Crippen LogP contribution in [0.25, 0.3) is 0 Å². The monoisotopic (exact) mass is 196 g/mol. The first-order valence-electron chi connectivity index (χ1n) is 3.83. The Morgan fingerprint density at radius 2 is 2.38 bits per heavy atom. The van der Waals surface area contributed by atoms with E-state index in [4.69, 9.17) is 16.9 Å². The van der Waals surface area contributed by atoms with Crippen LogP contribution >= 0.6 is 11.6 Å². The van der Waals surface area contributed by atoms with Gasteiger partial charge in [0.25, 0.3) is 0 Å². The van der Waals surface area contributed by atoms with Crippen molar-refractivity contribution < 1.29 is 4.39 Å². The van der Waals surface area contributed by atoms with Crippen LogP contribution in [0.3, 0.4) is 0 Å². The average Bonchev–Trinajstić information content (AvgIpc) is 2.88. The average molecular weight is 197 g/mol. The Kier molecular flexibility index (Phi) is 1.86. The second-order valence-corrected chi connectivity index (χ2v) is 3.30. The molecule has 13 heavy (non-hydrogen) atoms. The zero-order valence-corrected chi connectivity index (χ0v) is 7.42. The smallest absolute Gasteiger partial charge is 0.141 e. The van der Waals surface area contributed by atoms with Gasteiger partial charge in [0, 0.05) is 5.69 Å². The van der Waals surface area contributed by atoms with Crippen LogP contribution in [0.1, 0.15) is 0 Å². The van der Waals surface area contributed by atoms with Gasteiger partial charge >= 0.3 is 0 Å². The predicted molar refractivity (Wildman–Crippen MR) is 48.2 cm³/mol. The van der Waals surface area contributed by atoms with Crippen molar-refractivity contribution in [1.29, 1.82) is 5.26 Å². The van der Waals surface area contributed by atoms with Crippen LogP contribution in [0.5, 0.6) is 0 Å². The molecule has 1 aromatic rings. The minimum Gasteiger partial charge on any atom is -0.351 e. The molecular formula is C9H6ClFN2. The summed E-state index contributed by atoms with van der Waals surface area (Å²) in [6, 6.07) is 6.51. The SMILES string of the molecule is N#CC1CN1c1ccc(F)c(Cl)c1. The highest BCUT2D eigenvalue weighted by atomic mass is 35.5. The van der Waals surface area contributed by atoms with Gasteiger partial charge in [-0.2, -0.15) is 5.26 Å². The molecule has 0 aromatic heterocycles. The maximum Gasteiger partial charge on any atom is 0.141 e. The molecule has 0 radical (unpaired) electrons. The molecule has 1 unspecified atom stereocenters. The largest absolute Gasteiger partial charge is 0.351 e. The van der Waals surface area contributed by atoms with Crippen molar-refractivity contribution in [3.05, 3.63) is 29.0 Å². The number of benzene rings is 1. The van der Waals surface area contributed by atoms with Gasteiger partial charge in [-0.15, -0.1) is 0 Å². The Morgan fingerprint density at radius 3 is 2.92 bits per heavy atom. The van der Waals surface area contributed by atoms with Crippen molar-refractivity contribution in [3.8, 4) is 6.07 Å². The van der Waals surface area contributed by atoms with E-state index in [0.29, 0.717) is 6.54 Å². The fourth-order valence-corrected chi connectivity index (χ4v) is 1.37. The third-order valence-corrected chi connectivity index (χ3v) is 2.29.